The maximum atomic E-state index is 9.42. The molecule has 1 saturated heterocycles. The largest absolute Gasteiger partial charge is 0.396 e. The first kappa shape index (κ1) is 10.4. The van der Waals surface area contributed by atoms with E-state index in [0.717, 1.165) is 19.6 Å². The molecular weight excluding hydrogens is 176 g/mol. The fourth-order valence-electron chi connectivity index (χ4n) is 3.39. The molecule has 3 nitrogen and oxygen atoms in total. The summed E-state index contributed by atoms with van der Waals surface area (Å²) in [4.78, 5) is 2.44. The van der Waals surface area contributed by atoms with Gasteiger partial charge in [-0.05, 0) is 18.3 Å². The van der Waals surface area contributed by atoms with E-state index in [2.05, 4.69) is 4.90 Å². The second kappa shape index (κ2) is 4.17. The van der Waals surface area contributed by atoms with Crippen LogP contribution in [0.4, 0.5) is 0 Å². The zero-order valence-electron chi connectivity index (χ0n) is 8.91. The van der Waals surface area contributed by atoms with Crippen LogP contribution in [0.1, 0.15) is 25.7 Å². The molecule has 1 aliphatic carbocycles. The molecule has 0 unspecified atom stereocenters. The van der Waals surface area contributed by atoms with Crippen molar-refractivity contribution in [1.82, 2.24) is 4.90 Å². The summed E-state index contributed by atoms with van der Waals surface area (Å²) < 4.78 is 0. The molecule has 1 atom stereocenters. The molecule has 82 valence electrons. The van der Waals surface area contributed by atoms with E-state index < -0.39 is 0 Å². The lowest BCUT2D eigenvalue weighted by atomic mass is 9.77. The van der Waals surface area contributed by atoms with E-state index >= 15 is 0 Å². The van der Waals surface area contributed by atoms with E-state index in [-0.39, 0.29) is 0 Å². The number of rotatable bonds is 3. The van der Waals surface area contributed by atoms with Gasteiger partial charge >= 0.3 is 0 Å². The van der Waals surface area contributed by atoms with Gasteiger partial charge < -0.3 is 15.7 Å². The van der Waals surface area contributed by atoms with E-state index in [1.165, 1.54) is 32.2 Å². The van der Waals surface area contributed by atoms with Gasteiger partial charge in [-0.3, -0.25) is 0 Å². The second-order valence-corrected chi connectivity index (χ2v) is 4.97. The highest BCUT2D eigenvalue weighted by Crippen LogP contribution is 2.48. The van der Waals surface area contributed by atoms with Crippen LogP contribution in [0.5, 0.6) is 0 Å². The number of likely N-dealkylation sites (tertiary alicyclic amines) is 1. The number of nitrogens with zero attached hydrogens (tertiary/aromatic N) is 1. The SMILES string of the molecule is NCCN1C[C@H](CO)C2(CCCC2)C1. The van der Waals surface area contributed by atoms with Gasteiger partial charge in [0, 0.05) is 38.7 Å². The molecule has 0 radical (unpaired) electrons. The van der Waals surface area contributed by atoms with Crippen molar-refractivity contribution in [2.24, 2.45) is 17.1 Å². The van der Waals surface area contributed by atoms with Gasteiger partial charge in [0.25, 0.3) is 0 Å². The van der Waals surface area contributed by atoms with E-state index in [0.29, 0.717) is 17.9 Å². The molecule has 1 saturated carbocycles. The Morgan fingerprint density at radius 1 is 1.36 bits per heavy atom. The lowest BCUT2D eigenvalue weighted by Gasteiger charge is -2.28. The summed E-state index contributed by atoms with van der Waals surface area (Å²) in [6.07, 6.45) is 5.35. The van der Waals surface area contributed by atoms with Crippen LogP contribution in [-0.2, 0) is 0 Å². The maximum absolute atomic E-state index is 9.42. The van der Waals surface area contributed by atoms with Gasteiger partial charge in [-0.2, -0.15) is 0 Å². The van der Waals surface area contributed by atoms with E-state index in [4.69, 9.17) is 5.73 Å². The normalized spacial score (nSPS) is 31.7. The van der Waals surface area contributed by atoms with Crippen LogP contribution in [0.15, 0.2) is 0 Å². The topological polar surface area (TPSA) is 49.5 Å². The smallest absolute Gasteiger partial charge is 0.0477 e. The van der Waals surface area contributed by atoms with Crippen LogP contribution in [-0.4, -0.2) is 42.8 Å². The lowest BCUT2D eigenvalue weighted by Crippen LogP contribution is -2.30. The van der Waals surface area contributed by atoms with Crippen molar-refractivity contribution >= 4 is 0 Å². The minimum absolute atomic E-state index is 0.362. The average Bonchev–Trinajstić information content (AvgIpc) is 2.76. The van der Waals surface area contributed by atoms with Gasteiger partial charge in [-0.25, -0.2) is 0 Å². The van der Waals surface area contributed by atoms with Crippen molar-refractivity contribution in [3.8, 4) is 0 Å². The Morgan fingerprint density at radius 3 is 2.64 bits per heavy atom. The highest BCUT2D eigenvalue weighted by atomic mass is 16.3. The van der Waals surface area contributed by atoms with Crippen molar-refractivity contribution in [2.75, 3.05) is 32.8 Å². The first-order valence-electron chi connectivity index (χ1n) is 5.84. The molecule has 2 rings (SSSR count). The van der Waals surface area contributed by atoms with E-state index in [1.54, 1.807) is 0 Å². The molecule has 14 heavy (non-hydrogen) atoms. The first-order chi connectivity index (χ1) is 6.80. The predicted octanol–water partition coefficient (Wildman–Crippen LogP) is 0.430. The number of nitrogens with two attached hydrogens (primary N) is 1. The monoisotopic (exact) mass is 198 g/mol. The highest BCUT2D eigenvalue weighted by molar-refractivity contribution is 4.98. The molecule has 1 spiro atoms. The summed E-state index contributed by atoms with van der Waals surface area (Å²) in [5.41, 5.74) is 6.03. The van der Waals surface area contributed by atoms with E-state index in [1.807, 2.05) is 0 Å². The van der Waals surface area contributed by atoms with Crippen LogP contribution in [0.3, 0.4) is 0 Å². The molecule has 2 aliphatic rings. The third-order valence-corrected chi connectivity index (χ3v) is 4.15. The van der Waals surface area contributed by atoms with Crippen LogP contribution in [0.25, 0.3) is 0 Å². The summed E-state index contributed by atoms with van der Waals surface area (Å²) >= 11 is 0. The van der Waals surface area contributed by atoms with Crippen molar-refractivity contribution in [3.05, 3.63) is 0 Å². The average molecular weight is 198 g/mol. The van der Waals surface area contributed by atoms with Crippen LogP contribution < -0.4 is 5.73 Å². The molecule has 1 heterocycles. The zero-order chi connectivity index (χ0) is 10.0. The first-order valence-corrected chi connectivity index (χ1v) is 5.84. The minimum atomic E-state index is 0.362. The van der Waals surface area contributed by atoms with E-state index in [9.17, 15) is 5.11 Å². The minimum Gasteiger partial charge on any atom is -0.396 e. The fourth-order valence-corrected chi connectivity index (χ4v) is 3.39. The molecule has 0 aromatic rings. The molecular formula is C11H22N2O. The molecule has 3 N–H and O–H groups in total. The standard InChI is InChI=1S/C11H22N2O/c12-5-6-13-7-10(8-14)11(9-13)3-1-2-4-11/h10,14H,1-9,12H2/t10-/m1/s1. The fraction of sp³-hybridized carbons (Fsp3) is 1.00. The number of aliphatic hydroxyl groups is 1. The maximum Gasteiger partial charge on any atom is 0.0477 e. The lowest BCUT2D eigenvalue weighted by molar-refractivity contribution is 0.137. The Balaban J connectivity index is 2.01. The Hall–Kier alpha value is -0.120. The molecule has 2 fully saturated rings. The second-order valence-electron chi connectivity index (χ2n) is 4.97. The molecule has 0 bridgehead atoms. The van der Waals surface area contributed by atoms with Crippen molar-refractivity contribution < 1.29 is 5.11 Å². The van der Waals surface area contributed by atoms with Gasteiger partial charge in [0.1, 0.15) is 0 Å². The summed E-state index contributed by atoms with van der Waals surface area (Å²) in [6, 6.07) is 0. The molecule has 0 aromatic heterocycles. The summed E-state index contributed by atoms with van der Waals surface area (Å²) in [7, 11) is 0. The van der Waals surface area contributed by atoms with Crippen LogP contribution in [0.2, 0.25) is 0 Å². The Kier molecular flexibility index (Phi) is 3.10. The van der Waals surface area contributed by atoms with Crippen molar-refractivity contribution in [1.29, 1.82) is 0 Å². The zero-order valence-corrected chi connectivity index (χ0v) is 8.91. The Bertz CT molecular complexity index is 190. The molecule has 0 amide bonds. The Labute approximate surface area is 86.3 Å². The predicted molar refractivity (Wildman–Crippen MR) is 57.0 cm³/mol. The van der Waals surface area contributed by atoms with Gasteiger partial charge in [0.2, 0.25) is 0 Å². The van der Waals surface area contributed by atoms with Gasteiger partial charge in [-0.15, -0.1) is 0 Å². The van der Waals surface area contributed by atoms with Crippen molar-refractivity contribution in [3.63, 3.8) is 0 Å². The number of hydrogen-bond acceptors (Lipinski definition) is 3. The number of hydrogen-bond donors (Lipinski definition) is 2. The van der Waals surface area contributed by atoms with Crippen LogP contribution in [0, 0.1) is 11.3 Å². The summed E-state index contributed by atoms with van der Waals surface area (Å²) in [5, 5.41) is 9.42. The van der Waals surface area contributed by atoms with Gasteiger partial charge in [-0.1, -0.05) is 12.8 Å². The summed E-state index contributed by atoms with van der Waals surface area (Å²) in [6.45, 7) is 4.34. The molecule has 1 aliphatic heterocycles. The van der Waals surface area contributed by atoms with Crippen molar-refractivity contribution in [2.45, 2.75) is 25.7 Å². The molecule has 0 aromatic carbocycles. The van der Waals surface area contributed by atoms with Gasteiger partial charge in [0.05, 0.1) is 0 Å². The summed E-state index contributed by atoms with van der Waals surface area (Å²) in [5.74, 6) is 0.511. The third kappa shape index (κ3) is 1.69. The highest BCUT2D eigenvalue weighted by Gasteiger charge is 2.46. The quantitative estimate of drug-likeness (QED) is 0.691. The number of aliphatic hydroxyl groups excluding tert-OH is 1. The van der Waals surface area contributed by atoms with Crippen LogP contribution >= 0.6 is 0 Å². The molecule has 3 heteroatoms. The third-order valence-electron chi connectivity index (χ3n) is 4.15. The Morgan fingerprint density at radius 2 is 2.07 bits per heavy atom. The van der Waals surface area contributed by atoms with Gasteiger partial charge in [0.15, 0.2) is 0 Å².